The van der Waals surface area contributed by atoms with Gasteiger partial charge in [0.15, 0.2) is 0 Å². The molecular formula is C134H131N5. The van der Waals surface area contributed by atoms with Gasteiger partial charge in [-0.3, -0.25) is 0 Å². The quantitative estimate of drug-likeness (QED) is 0.159. The number of aryl methyl sites for hydroxylation is 4. The maximum absolute atomic E-state index is 2.35. The molecule has 0 fully saturated rings. The molecule has 25 rings (SSSR count). The van der Waals surface area contributed by atoms with Gasteiger partial charge in [0.05, 0.1) is 55.2 Å². The molecule has 692 valence electrons. The van der Waals surface area contributed by atoms with E-state index in [9.17, 15) is 0 Å². The van der Waals surface area contributed by atoms with E-state index >= 15 is 0 Å². The summed E-state index contributed by atoms with van der Waals surface area (Å²) in [5.74, 6) is 0. The van der Waals surface area contributed by atoms with Gasteiger partial charge in [-0.15, -0.1) is 0 Å². The highest BCUT2D eigenvalue weighted by molar-refractivity contribution is 6.13. The summed E-state index contributed by atoms with van der Waals surface area (Å²) in [5, 5.41) is 13.1. The Hall–Kier alpha value is -16.6. The normalized spacial score (nSPS) is 10.1. The molecule has 0 N–H and O–H groups in total. The van der Waals surface area contributed by atoms with Crippen molar-refractivity contribution in [3.63, 3.8) is 0 Å². The van der Waals surface area contributed by atoms with Crippen LogP contribution in [0.5, 0.6) is 0 Å². The molecule has 0 atom stereocenters. The molecule has 5 heterocycles. The minimum Gasteiger partial charge on any atom is -0.309 e. The number of para-hydroxylation sites is 14. The second kappa shape index (κ2) is 54.1. The molecule has 0 spiro atoms. The Labute approximate surface area is 824 Å². The first-order valence-electron chi connectivity index (χ1n) is 49.1. The number of benzene rings is 20. The van der Waals surface area contributed by atoms with Crippen molar-refractivity contribution in [1.82, 2.24) is 22.8 Å². The third kappa shape index (κ3) is 25.7. The van der Waals surface area contributed by atoms with Crippen LogP contribution >= 0.6 is 0 Å². The predicted molar refractivity (Wildman–Crippen MR) is 611 cm³/mol. The fourth-order valence-corrected chi connectivity index (χ4v) is 16.9. The molecule has 5 nitrogen and oxygen atoms in total. The number of rotatable bonds is 6. The number of fused-ring (bicyclic) bond motifs is 15. The molecule has 5 aromatic heterocycles. The Kier molecular flexibility index (Phi) is 39.4. The minimum atomic E-state index is 1.19. The minimum absolute atomic E-state index is 1.19. The third-order valence-corrected chi connectivity index (χ3v) is 23.0. The van der Waals surface area contributed by atoms with E-state index in [4.69, 9.17) is 0 Å². The summed E-state index contributed by atoms with van der Waals surface area (Å²) in [7, 11) is 0. The molecule has 0 amide bonds. The van der Waals surface area contributed by atoms with Gasteiger partial charge in [0.2, 0.25) is 0 Å². The molecular weight excluding hydrogens is 1680 g/mol. The lowest BCUT2D eigenvalue weighted by Crippen LogP contribution is -1.93. The van der Waals surface area contributed by atoms with Gasteiger partial charge in [0.25, 0.3) is 0 Å². The average Bonchev–Trinajstić information content (AvgIpc) is 1.63. The second-order valence-corrected chi connectivity index (χ2v) is 31.7. The van der Waals surface area contributed by atoms with E-state index < -0.39 is 0 Å². The van der Waals surface area contributed by atoms with Crippen molar-refractivity contribution in [1.29, 1.82) is 0 Å². The molecule has 0 unspecified atom stereocenters. The van der Waals surface area contributed by atoms with Gasteiger partial charge in [-0.1, -0.05) is 510 Å². The molecule has 0 bridgehead atoms. The van der Waals surface area contributed by atoms with Crippen LogP contribution < -0.4 is 0 Å². The van der Waals surface area contributed by atoms with Crippen LogP contribution in [0, 0.1) is 27.7 Å². The van der Waals surface area contributed by atoms with Crippen molar-refractivity contribution in [3.05, 3.63) is 562 Å². The highest BCUT2D eigenvalue weighted by Crippen LogP contribution is 2.38. The van der Waals surface area contributed by atoms with Crippen molar-refractivity contribution in [3.8, 4) is 39.6 Å². The Bertz CT molecular complexity index is 6820. The fourth-order valence-electron chi connectivity index (χ4n) is 16.9. The van der Waals surface area contributed by atoms with Crippen LogP contribution in [-0.4, -0.2) is 22.8 Å². The maximum Gasteiger partial charge on any atom is 0.0541 e. The Morgan fingerprint density at radius 2 is 0.209 bits per heavy atom. The number of hydrogen-bond donors (Lipinski definition) is 0. The van der Waals surface area contributed by atoms with Crippen LogP contribution in [0.15, 0.2) is 540 Å². The number of aromatic nitrogens is 5. The molecule has 0 aliphatic rings. The first kappa shape index (κ1) is 101. The smallest absolute Gasteiger partial charge is 0.0541 e. The van der Waals surface area contributed by atoms with E-state index in [0.29, 0.717) is 0 Å². The molecule has 20 aromatic carbocycles. The monoisotopic (exact) mass is 1810 g/mol. The standard InChI is InChI=1S/C24H17N.4C18H13N.4C7H8.5C2H6/c1-2-8-18(9-3-1)19-14-16-20(17-15-19)25-23-12-6-4-10-21(23)22-11-5-7-13-24(22)25;4*1-2-8-14(9-3-1)19-17-12-6-4-10-15(17)16-11-5-7-13-18(16)19;4*1-7-5-3-2-4-6-7;5*1-2/h1-17H;4*1-13H;4*2-6H,1H3;5*1-2H3. The summed E-state index contributed by atoms with van der Waals surface area (Å²) in [5.41, 5.74) is 26.4. The second-order valence-electron chi connectivity index (χ2n) is 31.7. The lowest BCUT2D eigenvalue weighted by molar-refractivity contribution is 1.18. The first-order valence-corrected chi connectivity index (χ1v) is 49.1. The molecule has 5 heteroatoms. The van der Waals surface area contributed by atoms with Gasteiger partial charge >= 0.3 is 0 Å². The highest BCUT2D eigenvalue weighted by atomic mass is 15.0. The van der Waals surface area contributed by atoms with Crippen molar-refractivity contribution in [2.75, 3.05) is 0 Å². The fraction of sp³-hybridized carbons (Fsp3) is 0.104. The summed E-state index contributed by atoms with van der Waals surface area (Å²) in [6.45, 7) is 28.3. The molecule has 0 saturated heterocycles. The average molecular weight is 1810 g/mol. The Morgan fingerprint density at radius 1 is 0.101 bits per heavy atom. The number of nitrogens with zero attached hydrogens (tertiary/aromatic N) is 5. The molecule has 0 radical (unpaired) electrons. The predicted octanol–water partition coefficient (Wildman–Crippen LogP) is 38.7. The van der Waals surface area contributed by atoms with Crippen molar-refractivity contribution < 1.29 is 0 Å². The van der Waals surface area contributed by atoms with Gasteiger partial charge in [0.1, 0.15) is 0 Å². The molecule has 0 saturated carbocycles. The van der Waals surface area contributed by atoms with Crippen LogP contribution in [0.2, 0.25) is 0 Å². The van der Waals surface area contributed by atoms with Crippen LogP contribution in [-0.2, 0) is 0 Å². The van der Waals surface area contributed by atoms with Gasteiger partial charge in [-0.25, -0.2) is 0 Å². The van der Waals surface area contributed by atoms with Gasteiger partial charge < -0.3 is 22.8 Å². The SMILES string of the molecule is CC.CC.CC.CC.CC.Cc1ccccc1.Cc1ccccc1.Cc1ccccc1.Cc1ccccc1.c1ccc(-c2ccc(-n3c4ccccc4c4ccccc43)cc2)cc1.c1ccc(-n2c3ccccc3c3ccccc32)cc1.c1ccc(-n2c3ccccc3c3ccccc32)cc1.c1ccc(-n2c3ccccc3c3ccccc32)cc1.c1ccc(-n2c3ccccc3c3ccccc32)cc1. The lowest BCUT2D eigenvalue weighted by Gasteiger charge is -2.09. The van der Waals surface area contributed by atoms with Crippen LogP contribution in [0.25, 0.3) is 149 Å². The highest BCUT2D eigenvalue weighted by Gasteiger charge is 2.17. The summed E-state index contributed by atoms with van der Waals surface area (Å²) in [4.78, 5) is 0. The maximum atomic E-state index is 2.35. The largest absolute Gasteiger partial charge is 0.309 e. The van der Waals surface area contributed by atoms with Gasteiger partial charge in [-0.05, 0) is 160 Å². The van der Waals surface area contributed by atoms with Crippen molar-refractivity contribution >= 4 is 109 Å². The van der Waals surface area contributed by atoms with Crippen LogP contribution in [0.3, 0.4) is 0 Å². The summed E-state index contributed by atoms with van der Waals surface area (Å²) in [6, 6.07) is 188. The molecule has 139 heavy (non-hydrogen) atoms. The first-order chi connectivity index (χ1) is 68.8. The van der Waals surface area contributed by atoms with E-state index in [-0.39, 0.29) is 0 Å². The summed E-state index contributed by atoms with van der Waals surface area (Å²) in [6.07, 6.45) is 0. The van der Waals surface area contributed by atoms with Crippen LogP contribution in [0.4, 0.5) is 0 Å². The zero-order valence-electron chi connectivity index (χ0n) is 83.1. The zero-order chi connectivity index (χ0) is 97.7. The summed E-state index contributed by atoms with van der Waals surface area (Å²) >= 11 is 0. The Morgan fingerprint density at radius 3 is 0.345 bits per heavy atom. The van der Waals surface area contributed by atoms with Gasteiger partial charge in [-0.2, -0.15) is 0 Å². The molecule has 25 aromatic rings. The molecule has 0 aliphatic heterocycles. The Balaban J connectivity index is 0.000000143. The van der Waals surface area contributed by atoms with Crippen molar-refractivity contribution in [2.45, 2.75) is 96.9 Å². The summed E-state index contributed by atoms with van der Waals surface area (Å²) < 4.78 is 11.6. The third-order valence-electron chi connectivity index (χ3n) is 23.0. The topological polar surface area (TPSA) is 24.6 Å². The van der Waals surface area contributed by atoms with E-state index in [0.717, 1.165) is 0 Å². The van der Waals surface area contributed by atoms with E-state index in [1.165, 1.54) is 171 Å². The number of hydrogen-bond acceptors (Lipinski definition) is 0. The zero-order valence-corrected chi connectivity index (χ0v) is 83.1. The van der Waals surface area contributed by atoms with Crippen LogP contribution in [0.1, 0.15) is 91.5 Å². The van der Waals surface area contributed by atoms with E-state index in [1.807, 2.05) is 142 Å². The van der Waals surface area contributed by atoms with Crippen molar-refractivity contribution in [2.24, 2.45) is 0 Å². The van der Waals surface area contributed by atoms with Gasteiger partial charge in [0, 0.05) is 82.3 Å². The lowest BCUT2D eigenvalue weighted by atomic mass is 10.1. The van der Waals surface area contributed by atoms with E-state index in [1.54, 1.807) is 0 Å². The van der Waals surface area contributed by atoms with E-state index in [2.05, 4.69) is 518 Å². The molecule has 0 aliphatic carbocycles.